The minimum absolute atomic E-state index is 0.0594. The van der Waals surface area contributed by atoms with Crippen LogP contribution in [0.15, 0.2) is 29.2 Å². The molecule has 1 amide bonds. The molecule has 7 heteroatoms. The highest BCUT2D eigenvalue weighted by Crippen LogP contribution is 2.09. The number of amides is 1. The van der Waals surface area contributed by atoms with E-state index in [4.69, 9.17) is 4.74 Å². The van der Waals surface area contributed by atoms with Gasteiger partial charge in [0.2, 0.25) is 0 Å². The second-order valence-corrected chi connectivity index (χ2v) is 5.93. The SMILES string of the molecule is CCNCCOCC(=O)NS(=O)(=O)c1ccc(C)cc1. The van der Waals surface area contributed by atoms with E-state index in [-0.39, 0.29) is 11.5 Å². The summed E-state index contributed by atoms with van der Waals surface area (Å²) in [7, 11) is -3.82. The van der Waals surface area contributed by atoms with E-state index in [1.165, 1.54) is 12.1 Å². The maximum Gasteiger partial charge on any atom is 0.264 e. The first-order valence-corrected chi connectivity index (χ1v) is 7.85. The highest BCUT2D eigenvalue weighted by molar-refractivity contribution is 7.90. The van der Waals surface area contributed by atoms with Gasteiger partial charge in [0.15, 0.2) is 0 Å². The molecule has 6 nitrogen and oxygen atoms in total. The Labute approximate surface area is 119 Å². The van der Waals surface area contributed by atoms with E-state index >= 15 is 0 Å². The van der Waals surface area contributed by atoms with Gasteiger partial charge < -0.3 is 10.1 Å². The summed E-state index contributed by atoms with van der Waals surface area (Å²) in [5.74, 6) is -0.679. The van der Waals surface area contributed by atoms with Crippen LogP contribution in [0.2, 0.25) is 0 Å². The van der Waals surface area contributed by atoms with Crippen LogP contribution in [0, 0.1) is 6.92 Å². The van der Waals surface area contributed by atoms with Gasteiger partial charge in [0.1, 0.15) is 6.61 Å². The lowest BCUT2D eigenvalue weighted by Crippen LogP contribution is -2.34. The fourth-order valence-corrected chi connectivity index (χ4v) is 2.41. The van der Waals surface area contributed by atoms with Crippen molar-refractivity contribution in [2.24, 2.45) is 0 Å². The topological polar surface area (TPSA) is 84.5 Å². The van der Waals surface area contributed by atoms with Crippen LogP contribution in [0.4, 0.5) is 0 Å². The van der Waals surface area contributed by atoms with Crippen molar-refractivity contribution in [2.75, 3.05) is 26.3 Å². The lowest BCUT2D eigenvalue weighted by molar-refractivity contribution is -0.123. The van der Waals surface area contributed by atoms with E-state index in [2.05, 4.69) is 5.32 Å². The van der Waals surface area contributed by atoms with E-state index in [1.54, 1.807) is 12.1 Å². The third-order valence-corrected chi connectivity index (χ3v) is 3.87. The molecule has 0 fully saturated rings. The number of rotatable bonds is 8. The number of hydrogen-bond acceptors (Lipinski definition) is 5. The molecule has 0 aliphatic rings. The van der Waals surface area contributed by atoms with Crippen molar-refractivity contribution < 1.29 is 17.9 Å². The second kappa shape index (κ2) is 7.98. The summed E-state index contributed by atoms with van der Waals surface area (Å²) in [6.45, 7) is 5.32. The predicted octanol–water partition coefficient (Wildman–Crippen LogP) is 0.426. The highest BCUT2D eigenvalue weighted by Gasteiger charge is 2.17. The molecule has 0 saturated carbocycles. The Morgan fingerprint density at radius 2 is 1.90 bits per heavy atom. The molecule has 0 spiro atoms. The third kappa shape index (κ3) is 5.68. The molecule has 0 aliphatic carbocycles. The first-order valence-electron chi connectivity index (χ1n) is 6.36. The van der Waals surface area contributed by atoms with Gasteiger partial charge in [-0.15, -0.1) is 0 Å². The van der Waals surface area contributed by atoms with E-state index < -0.39 is 15.9 Å². The predicted molar refractivity (Wildman–Crippen MR) is 75.9 cm³/mol. The number of benzene rings is 1. The number of aryl methyl sites for hydroxylation is 1. The van der Waals surface area contributed by atoms with Crippen molar-refractivity contribution in [1.82, 2.24) is 10.0 Å². The zero-order valence-corrected chi connectivity index (χ0v) is 12.5. The molecule has 0 aromatic heterocycles. The smallest absolute Gasteiger partial charge is 0.264 e. The largest absolute Gasteiger partial charge is 0.370 e. The fraction of sp³-hybridized carbons (Fsp3) is 0.462. The monoisotopic (exact) mass is 300 g/mol. The molecular formula is C13H20N2O4S. The van der Waals surface area contributed by atoms with Gasteiger partial charge in [0.05, 0.1) is 11.5 Å². The minimum Gasteiger partial charge on any atom is -0.370 e. The van der Waals surface area contributed by atoms with Gasteiger partial charge in [-0.05, 0) is 25.6 Å². The average Bonchev–Trinajstić information content (AvgIpc) is 2.38. The summed E-state index contributed by atoms with van der Waals surface area (Å²) in [6.07, 6.45) is 0. The van der Waals surface area contributed by atoms with E-state index in [0.29, 0.717) is 13.2 Å². The molecule has 0 aliphatic heterocycles. The molecule has 0 saturated heterocycles. The molecule has 1 rings (SSSR count). The van der Waals surface area contributed by atoms with Gasteiger partial charge in [-0.1, -0.05) is 24.6 Å². The fourth-order valence-electron chi connectivity index (χ4n) is 1.44. The number of hydrogen-bond donors (Lipinski definition) is 2. The number of ether oxygens (including phenoxy) is 1. The number of sulfonamides is 1. The van der Waals surface area contributed by atoms with Gasteiger partial charge in [-0.2, -0.15) is 0 Å². The van der Waals surface area contributed by atoms with Gasteiger partial charge >= 0.3 is 0 Å². The minimum atomic E-state index is -3.82. The maximum atomic E-state index is 11.9. The van der Waals surface area contributed by atoms with Crippen LogP contribution in [-0.4, -0.2) is 40.6 Å². The third-order valence-electron chi connectivity index (χ3n) is 2.49. The molecule has 0 atom stereocenters. The molecule has 1 aromatic rings. The summed E-state index contributed by atoms with van der Waals surface area (Å²) in [5, 5.41) is 3.03. The molecule has 0 radical (unpaired) electrons. The summed E-state index contributed by atoms with van der Waals surface area (Å²) in [6, 6.07) is 6.26. The van der Waals surface area contributed by atoms with E-state index in [9.17, 15) is 13.2 Å². The molecule has 0 bridgehead atoms. The zero-order chi connectivity index (χ0) is 15.0. The van der Waals surface area contributed by atoms with Gasteiger partial charge in [0.25, 0.3) is 15.9 Å². The van der Waals surface area contributed by atoms with Crippen LogP contribution in [0.5, 0.6) is 0 Å². The number of nitrogens with one attached hydrogen (secondary N) is 2. The van der Waals surface area contributed by atoms with Crippen molar-refractivity contribution in [3.8, 4) is 0 Å². The van der Waals surface area contributed by atoms with Crippen molar-refractivity contribution >= 4 is 15.9 Å². The molecule has 2 N–H and O–H groups in total. The van der Waals surface area contributed by atoms with Crippen LogP contribution >= 0.6 is 0 Å². The highest BCUT2D eigenvalue weighted by atomic mass is 32.2. The van der Waals surface area contributed by atoms with Crippen molar-refractivity contribution in [3.63, 3.8) is 0 Å². The molecule has 0 heterocycles. The average molecular weight is 300 g/mol. The van der Waals surface area contributed by atoms with Gasteiger partial charge in [0, 0.05) is 6.54 Å². The molecule has 20 heavy (non-hydrogen) atoms. The van der Waals surface area contributed by atoms with Crippen LogP contribution < -0.4 is 10.0 Å². The number of carbonyl (C=O) groups is 1. The van der Waals surface area contributed by atoms with Gasteiger partial charge in [-0.25, -0.2) is 13.1 Å². The standard InChI is InChI=1S/C13H20N2O4S/c1-3-14-8-9-19-10-13(16)15-20(17,18)12-6-4-11(2)5-7-12/h4-7,14H,3,8-10H2,1-2H3,(H,15,16). The zero-order valence-electron chi connectivity index (χ0n) is 11.7. The first-order chi connectivity index (χ1) is 9.45. The summed E-state index contributed by atoms with van der Waals surface area (Å²) >= 11 is 0. The Morgan fingerprint density at radius 3 is 2.50 bits per heavy atom. The van der Waals surface area contributed by atoms with Crippen LogP contribution in [0.3, 0.4) is 0 Å². The quantitative estimate of drug-likeness (QED) is 0.680. The number of carbonyl (C=O) groups excluding carboxylic acids is 1. The van der Waals surface area contributed by atoms with E-state index in [0.717, 1.165) is 12.1 Å². The summed E-state index contributed by atoms with van der Waals surface area (Å²) in [5.41, 5.74) is 0.946. The Morgan fingerprint density at radius 1 is 1.25 bits per heavy atom. The van der Waals surface area contributed by atoms with Crippen molar-refractivity contribution in [1.29, 1.82) is 0 Å². The Hall–Kier alpha value is -1.44. The Balaban J connectivity index is 2.46. The van der Waals surface area contributed by atoms with Gasteiger partial charge in [-0.3, -0.25) is 4.79 Å². The van der Waals surface area contributed by atoms with Crippen molar-refractivity contribution in [3.05, 3.63) is 29.8 Å². The van der Waals surface area contributed by atoms with Crippen LogP contribution in [0.25, 0.3) is 0 Å². The Bertz CT molecular complexity index is 526. The molecule has 1 aromatic carbocycles. The first kappa shape index (κ1) is 16.6. The lowest BCUT2D eigenvalue weighted by atomic mass is 10.2. The lowest BCUT2D eigenvalue weighted by Gasteiger charge is -2.08. The second-order valence-electron chi connectivity index (χ2n) is 4.25. The van der Waals surface area contributed by atoms with Crippen molar-refractivity contribution in [2.45, 2.75) is 18.7 Å². The normalized spacial score (nSPS) is 11.3. The Kier molecular flexibility index (Phi) is 6.63. The van der Waals surface area contributed by atoms with E-state index in [1.807, 2.05) is 18.6 Å². The summed E-state index contributed by atoms with van der Waals surface area (Å²) in [4.78, 5) is 11.6. The van der Waals surface area contributed by atoms with Crippen LogP contribution in [-0.2, 0) is 19.6 Å². The number of likely N-dealkylation sites (N-methyl/N-ethyl adjacent to an activating group) is 1. The molecule has 0 unspecified atom stereocenters. The van der Waals surface area contributed by atoms with Crippen LogP contribution in [0.1, 0.15) is 12.5 Å². The molecule has 112 valence electrons. The maximum absolute atomic E-state index is 11.9. The summed E-state index contributed by atoms with van der Waals surface area (Å²) < 4.78 is 30.8. The molecular weight excluding hydrogens is 280 g/mol.